The minimum absolute atomic E-state index is 0.0489. The summed E-state index contributed by atoms with van der Waals surface area (Å²) in [4.78, 5) is 7.12. The van der Waals surface area contributed by atoms with Crippen molar-refractivity contribution in [2.45, 2.75) is 38.3 Å². The normalized spacial score (nSPS) is 20.8. The quantitative estimate of drug-likeness (QED) is 0.780. The number of alkyl halides is 2. The molecular formula is C9H13F2N3. The molecule has 0 unspecified atom stereocenters. The average Bonchev–Trinajstić information content (AvgIpc) is 2.44. The Morgan fingerprint density at radius 2 is 2.36 bits per heavy atom. The van der Waals surface area contributed by atoms with E-state index in [0.717, 1.165) is 11.5 Å². The van der Waals surface area contributed by atoms with Crippen molar-refractivity contribution in [2.24, 2.45) is 0 Å². The van der Waals surface area contributed by atoms with Crippen LogP contribution in [0, 0.1) is 6.92 Å². The van der Waals surface area contributed by atoms with E-state index in [4.69, 9.17) is 0 Å². The van der Waals surface area contributed by atoms with Gasteiger partial charge in [-0.2, -0.15) is 0 Å². The van der Waals surface area contributed by atoms with Crippen molar-refractivity contribution in [3.05, 3.63) is 17.7 Å². The largest absolute Gasteiger partial charge is 0.345 e. The molecule has 0 saturated heterocycles. The summed E-state index contributed by atoms with van der Waals surface area (Å²) in [5, 5.41) is 3.03. The van der Waals surface area contributed by atoms with E-state index in [1.165, 1.54) is 0 Å². The van der Waals surface area contributed by atoms with Crippen LogP contribution in [0.4, 0.5) is 8.78 Å². The summed E-state index contributed by atoms with van der Waals surface area (Å²) < 4.78 is 24.9. The molecule has 0 atom stereocenters. The first-order valence-corrected chi connectivity index (χ1v) is 4.67. The molecule has 1 saturated carbocycles. The lowest BCUT2D eigenvalue weighted by molar-refractivity contribution is -0.0931. The van der Waals surface area contributed by atoms with Gasteiger partial charge in [-0.05, 0) is 6.92 Å². The molecule has 2 N–H and O–H groups in total. The van der Waals surface area contributed by atoms with Crippen LogP contribution in [0.2, 0.25) is 0 Å². The third-order valence-electron chi connectivity index (χ3n) is 2.40. The Kier molecular flexibility index (Phi) is 2.26. The maximum atomic E-state index is 12.5. The van der Waals surface area contributed by atoms with E-state index in [1.807, 2.05) is 6.92 Å². The van der Waals surface area contributed by atoms with Crippen LogP contribution >= 0.6 is 0 Å². The average molecular weight is 201 g/mol. The summed E-state index contributed by atoms with van der Waals surface area (Å²) in [6, 6.07) is -0.0598. The van der Waals surface area contributed by atoms with Crippen LogP contribution in [0.3, 0.4) is 0 Å². The lowest BCUT2D eigenvalue weighted by atomic mass is 9.88. The summed E-state index contributed by atoms with van der Waals surface area (Å²) in [6.07, 6.45) is 1.63. The van der Waals surface area contributed by atoms with E-state index >= 15 is 0 Å². The van der Waals surface area contributed by atoms with Crippen LogP contribution in [0.5, 0.6) is 0 Å². The first kappa shape index (κ1) is 9.58. The maximum Gasteiger partial charge on any atom is 0.251 e. The number of hydrogen-bond acceptors (Lipinski definition) is 2. The fourth-order valence-electron chi connectivity index (χ4n) is 1.60. The lowest BCUT2D eigenvalue weighted by Gasteiger charge is -2.35. The van der Waals surface area contributed by atoms with Gasteiger partial charge in [-0.3, -0.25) is 0 Å². The Labute approximate surface area is 80.9 Å². The van der Waals surface area contributed by atoms with Gasteiger partial charge in [-0.15, -0.1) is 0 Å². The fourth-order valence-corrected chi connectivity index (χ4v) is 1.60. The van der Waals surface area contributed by atoms with Crippen molar-refractivity contribution in [1.29, 1.82) is 0 Å². The predicted molar refractivity (Wildman–Crippen MR) is 48.1 cm³/mol. The number of hydrogen-bond donors (Lipinski definition) is 2. The second-order valence-corrected chi connectivity index (χ2v) is 3.85. The van der Waals surface area contributed by atoms with Gasteiger partial charge in [0, 0.05) is 30.8 Å². The monoisotopic (exact) mass is 201 g/mol. The smallest absolute Gasteiger partial charge is 0.251 e. The van der Waals surface area contributed by atoms with Crippen LogP contribution in [-0.2, 0) is 6.54 Å². The van der Waals surface area contributed by atoms with E-state index in [1.54, 1.807) is 6.20 Å². The molecule has 1 aliphatic carbocycles. The SMILES string of the molecule is Cc1cnc(CNC2CC(F)(F)C2)[nH]1. The Balaban J connectivity index is 1.74. The second kappa shape index (κ2) is 3.31. The number of halogens is 2. The van der Waals surface area contributed by atoms with Crippen LogP contribution in [0.25, 0.3) is 0 Å². The molecule has 1 aromatic heterocycles. The first-order chi connectivity index (χ1) is 6.55. The van der Waals surface area contributed by atoms with Crippen LogP contribution in [0.15, 0.2) is 6.20 Å². The van der Waals surface area contributed by atoms with Crippen LogP contribution in [-0.4, -0.2) is 21.9 Å². The molecule has 1 heterocycles. The zero-order chi connectivity index (χ0) is 10.2. The first-order valence-electron chi connectivity index (χ1n) is 4.67. The molecule has 0 bridgehead atoms. The number of H-pyrrole nitrogens is 1. The summed E-state index contributed by atoms with van der Waals surface area (Å²) >= 11 is 0. The Bertz CT molecular complexity index is 314. The molecule has 14 heavy (non-hydrogen) atoms. The van der Waals surface area contributed by atoms with E-state index in [-0.39, 0.29) is 18.9 Å². The number of rotatable bonds is 3. The number of aryl methyl sites for hydroxylation is 1. The predicted octanol–water partition coefficient (Wildman–Crippen LogP) is 1.61. The van der Waals surface area contributed by atoms with Gasteiger partial charge in [0.15, 0.2) is 0 Å². The van der Waals surface area contributed by atoms with Crippen LogP contribution in [0.1, 0.15) is 24.4 Å². The molecule has 0 spiro atoms. The summed E-state index contributed by atoms with van der Waals surface area (Å²) in [6.45, 7) is 2.45. The molecule has 1 aliphatic rings. The number of aromatic amines is 1. The number of aromatic nitrogens is 2. The van der Waals surface area contributed by atoms with Gasteiger partial charge in [0.2, 0.25) is 0 Å². The van der Waals surface area contributed by atoms with Crippen molar-refractivity contribution >= 4 is 0 Å². The van der Waals surface area contributed by atoms with Crippen molar-refractivity contribution in [2.75, 3.05) is 0 Å². The van der Waals surface area contributed by atoms with Gasteiger partial charge in [0.1, 0.15) is 5.82 Å². The van der Waals surface area contributed by atoms with Gasteiger partial charge in [-0.25, -0.2) is 13.8 Å². The highest BCUT2D eigenvalue weighted by Crippen LogP contribution is 2.37. The number of imidazole rings is 1. The van der Waals surface area contributed by atoms with Gasteiger partial charge < -0.3 is 10.3 Å². The molecule has 1 aromatic rings. The highest BCUT2D eigenvalue weighted by molar-refractivity contribution is 4.99. The lowest BCUT2D eigenvalue weighted by Crippen LogP contribution is -2.48. The summed E-state index contributed by atoms with van der Waals surface area (Å²) in [7, 11) is 0. The van der Waals surface area contributed by atoms with Crippen molar-refractivity contribution in [3.8, 4) is 0 Å². The van der Waals surface area contributed by atoms with Crippen molar-refractivity contribution in [1.82, 2.24) is 15.3 Å². The minimum Gasteiger partial charge on any atom is -0.345 e. The van der Waals surface area contributed by atoms with Gasteiger partial charge in [-0.1, -0.05) is 0 Å². The number of nitrogens with one attached hydrogen (secondary N) is 2. The van der Waals surface area contributed by atoms with E-state index in [0.29, 0.717) is 6.54 Å². The number of nitrogens with zero attached hydrogens (tertiary/aromatic N) is 1. The molecule has 1 fully saturated rings. The molecular weight excluding hydrogens is 188 g/mol. The third-order valence-corrected chi connectivity index (χ3v) is 2.40. The molecule has 0 radical (unpaired) electrons. The van der Waals surface area contributed by atoms with Gasteiger partial charge in [0.25, 0.3) is 5.92 Å². The van der Waals surface area contributed by atoms with E-state index < -0.39 is 5.92 Å². The molecule has 0 aliphatic heterocycles. The maximum absolute atomic E-state index is 12.5. The standard InChI is InChI=1S/C9H13F2N3/c1-6-4-13-8(14-6)5-12-7-2-9(10,11)3-7/h4,7,12H,2-3,5H2,1H3,(H,13,14). The van der Waals surface area contributed by atoms with Crippen LogP contribution < -0.4 is 5.32 Å². The highest BCUT2D eigenvalue weighted by Gasteiger charge is 2.44. The highest BCUT2D eigenvalue weighted by atomic mass is 19.3. The molecule has 0 amide bonds. The Morgan fingerprint density at radius 3 is 2.86 bits per heavy atom. The summed E-state index contributed by atoms with van der Waals surface area (Å²) in [5.74, 6) is -1.64. The Hall–Kier alpha value is -0.970. The van der Waals surface area contributed by atoms with Gasteiger partial charge in [0.05, 0.1) is 6.54 Å². The molecule has 0 aromatic carbocycles. The van der Waals surface area contributed by atoms with E-state index in [9.17, 15) is 8.78 Å². The Morgan fingerprint density at radius 1 is 1.64 bits per heavy atom. The molecule has 5 heteroatoms. The fraction of sp³-hybridized carbons (Fsp3) is 0.667. The summed E-state index contributed by atoms with van der Waals surface area (Å²) in [5.41, 5.74) is 0.987. The molecule has 78 valence electrons. The van der Waals surface area contributed by atoms with Crippen molar-refractivity contribution in [3.63, 3.8) is 0 Å². The zero-order valence-corrected chi connectivity index (χ0v) is 7.98. The minimum atomic E-state index is -2.45. The van der Waals surface area contributed by atoms with Gasteiger partial charge >= 0.3 is 0 Å². The molecule has 3 nitrogen and oxygen atoms in total. The molecule has 2 rings (SSSR count). The van der Waals surface area contributed by atoms with E-state index in [2.05, 4.69) is 15.3 Å². The third kappa shape index (κ3) is 2.09. The zero-order valence-electron chi connectivity index (χ0n) is 7.98. The topological polar surface area (TPSA) is 40.7 Å². The second-order valence-electron chi connectivity index (χ2n) is 3.85. The van der Waals surface area contributed by atoms with Crippen molar-refractivity contribution < 1.29 is 8.78 Å².